The number of rotatable bonds is 2. The van der Waals surface area contributed by atoms with Crippen molar-refractivity contribution >= 4 is 0 Å². The summed E-state index contributed by atoms with van der Waals surface area (Å²) in [6.07, 6.45) is 4.66. The second-order valence-electron chi connectivity index (χ2n) is 4.97. The minimum atomic E-state index is 0.509. The minimum absolute atomic E-state index is 0.509. The summed E-state index contributed by atoms with van der Waals surface area (Å²) in [6, 6.07) is 11.0. The fraction of sp³-hybridized carbons (Fsp3) is 0.400. The summed E-state index contributed by atoms with van der Waals surface area (Å²) in [6.45, 7) is 4.27. The van der Waals surface area contributed by atoms with E-state index in [2.05, 4.69) is 52.5 Å². The van der Waals surface area contributed by atoms with Crippen LogP contribution in [0, 0.1) is 6.92 Å². The molecule has 3 rings (SSSR count). The second kappa shape index (κ2) is 4.94. The molecule has 0 spiro atoms. The van der Waals surface area contributed by atoms with Gasteiger partial charge in [-0.1, -0.05) is 30.3 Å². The number of benzene rings is 1. The molecule has 1 aliphatic heterocycles. The third kappa shape index (κ3) is 2.18. The maximum atomic E-state index is 4.69. The molecule has 0 saturated carbocycles. The second-order valence-corrected chi connectivity index (χ2v) is 4.97. The predicted molar refractivity (Wildman–Crippen MR) is 73.5 cm³/mol. The van der Waals surface area contributed by atoms with Crippen LogP contribution in [0.4, 0.5) is 0 Å². The quantitative estimate of drug-likeness (QED) is 0.876. The first-order valence-electron chi connectivity index (χ1n) is 6.66. The zero-order valence-corrected chi connectivity index (χ0v) is 10.8. The average Bonchev–Trinajstić information content (AvgIpc) is 2.83. The Labute approximate surface area is 108 Å². The monoisotopic (exact) mass is 241 g/mol. The van der Waals surface area contributed by atoms with Gasteiger partial charge >= 0.3 is 0 Å². The van der Waals surface area contributed by atoms with Gasteiger partial charge in [-0.15, -0.1) is 0 Å². The third-order valence-electron chi connectivity index (χ3n) is 3.65. The lowest BCUT2D eigenvalue weighted by atomic mass is 10.1. The largest absolute Gasteiger partial charge is 0.315 e. The van der Waals surface area contributed by atoms with Crippen molar-refractivity contribution in [2.45, 2.75) is 25.8 Å². The maximum absolute atomic E-state index is 4.69. The summed E-state index contributed by atoms with van der Waals surface area (Å²) >= 11 is 0. The van der Waals surface area contributed by atoms with Gasteiger partial charge in [-0.3, -0.25) is 4.68 Å². The first-order valence-corrected chi connectivity index (χ1v) is 6.66. The molecule has 18 heavy (non-hydrogen) atoms. The normalized spacial score (nSPS) is 19.9. The van der Waals surface area contributed by atoms with Gasteiger partial charge in [0.1, 0.15) is 0 Å². The first-order chi connectivity index (χ1) is 8.84. The van der Waals surface area contributed by atoms with Crippen molar-refractivity contribution < 1.29 is 0 Å². The fourth-order valence-corrected chi connectivity index (χ4v) is 2.63. The number of nitrogens with one attached hydrogen (secondary N) is 1. The van der Waals surface area contributed by atoms with E-state index in [1.165, 1.54) is 24.0 Å². The van der Waals surface area contributed by atoms with E-state index in [1.807, 2.05) is 6.07 Å². The Morgan fingerprint density at radius 1 is 1.28 bits per heavy atom. The van der Waals surface area contributed by atoms with Crippen LogP contribution >= 0.6 is 0 Å². The molecular formula is C15H19N3. The van der Waals surface area contributed by atoms with Crippen LogP contribution in [0.25, 0.3) is 11.1 Å². The molecule has 2 heterocycles. The van der Waals surface area contributed by atoms with Crippen LogP contribution in [0.15, 0.2) is 36.5 Å². The molecule has 0 radical (unpaired) electrons. The molecule has 1 atom stereocenters. The van der Waals surface area contributed by atoms with Crippen LogP contribution in [0.3, 0.4) is 0 Å². The van der Waals surface area contributed by atoms with Crippen LogP contribution in [-0.4, -0.2) is 22.9 Å². The molecule has 2 aromatic rings. The van der Waals surface area contributed by atoms with Gasteiger partial charge < -0.3 is 5.32 Å². The lowest BCUT2D eigenvalue weighted by Crippen LogP contribution is -2.31. The highest BCUT2D eigenvalue weighted by Gasteiger charge is 2.17. The summed E-state index contributed by atoms with van der Waals surface area (Å²) in [7, 11) is 0. The van der Waals surface area contributed by atoms with Crippen LogP contribution in [-0.2, 0) is 0 Å². The maximum Gasteiger partial charge on any atom is 0.0672 e. The highest BCUT2D eigenvalue weighted by atomic mass is 15.3. The SMILES string of the molecule is Cc1nn(C2CCCNC2)cc1-c1ccccc1. The number of nitrogens with zero attached hydrogens (tertiary/aromatic N) is 2. The third-order valence-corrected chi connectivity index (χ3v) is 3.65. The molecule has 3 heteroatoms. The Bertz CT molecular complexity index is 510. The van der Waals surface area contributed by atoms with Gasteiger partial charge in [0, 0.05) is 18.3 Å². The van der Waals surface area contributed by atoms with E-state index in [-0.39, 0.29) is 0 Å². The summed E-state index contributed by atoms with van der Waals surface area (Å²) < 4.78 is 2.14. The zero-order valence-electron chi connectivity index (χ0n) is 10.8. The van der Waals surface area contributed by atoms with E-state index in [0.717, 1.165) is 18.8 Å². The number of aromatic nitrogens is 2. The summed E-state index contributed by atoms with van der Waals surface area (Å²) in [5.41, 5.74) is 3.62. The Morgan fingerprint density at radius 3 is 2.83 bits per heavy atom. The topological polar surface area (TPSA) is 29.9 Å². The van der Waals surface area contributed by atoms with Crippen molar-refractivity contribution in [1.29, 1.82) is 0 Å². The van der Waals surface area contributed by atoms with Gasteiger partial charge in [-0.25, -0.2) is 0 Å². The molecule has 0 amide bonds. The van der Waals surface area contributed by atoms with Crippen molar-refractivity contribution in [1.82, 2.24) is 15.1 Å². The Kier molecular flexibility index (Phi) is 3.15. The number of hydrogen-bond acceptors (Lipinski definition) is 2. The lowest BCUT2D eigenvalue weighted by Gasteiger charge is -2.22. The Balaban J connectivity index is 1.91. The Morgan fingerprint density at radius 2 is 2.11 bits per heavy atom. The van der Waals surface area contributed by atoms with Crippen molar-refractivity contribution in [2.24, 2.45) is 0 Å². The van der Waals surface area contributed by atoms with Crippen LogP contribution < -0.4 is 5.32 Å². The van der Waals surface area contributed by atoms with Crippen LogP contribution in [0.2, 0.25) is 0 Å². The predicted octanol–water partition coefficient (Wildman–Crippen LogP) is 2.78. The van der Waals surface area contributed by atoms with Gasteiger partial charge in [-0.2, -0.15) is 5.10 Å². The molecule has 1 unspecified atom stereocenters. The van der Waals surface area contributed by atoms with E-state index in [0.29, 0.717) is 6.04 Å². The van der Waals surface area contributed by atoms with Crippen LogP contribution in [0.1, 0.15) is 24.6 Å². The highest BCUT2D eigenvalue weighted by molar-refractivity contribution is 5.64. The Hall–Kier alpha value is -1.61. The molecule has 1 fully saturated rings. The zero-order chi connectivity index (χ0) is 12.4. The van der Waals surface area contributed by atoms with Crippen molar-refractivity contribution in [2.75, 3.05) is 13.1 Å². The van der Waals surface area contributed by atoms with E-state index < -0.39 is 0 Å². The van der Waals surface area contributed by atoms with Gasteiger partial charge in [0.05, 0.1) is 11.7 Å². The molecule has 3 nitrogen and oxygen atoms in total. The van der Waals surface area contributed by atoms with Gasteiger partial charge in [0.15, 0.2) is 0 Å². The van der Waals surface area contributed by atoms with Crippen LogP contribution in [0.5, 0.6) is 0 Å². The highest BCUT2D eigenvalue weighted by Crippen LogP contribution is 2.25. The van der Waals surface area contributed by atoms with E-state index in [1.54, 1.807) is 0 Å². The van der Waals surface area contributed by atoms with Gasteiger partial charge in [0.2, 0.25) is 0 Å². The van der Waals surface area contributed by atoms with E-state index >= 15 is 0 Å². The molecule has 94 valence electrons. The molecule has 1 N–H and O–H groups in total. The smallest absolute Gasteiger partial charge is 0.0672 e. The molecule has 1 aliphatic rings. The minimum Gasteiger partial charge on any atom is -0.315 e. The van der Waals surface area contributed by atoms with Crippen molar-refractivity contribution in [3.8, 4) is 11.1 Å². The van der Waals surface area contributed by atoms with Gasteiger partial charge in [0.25, 0.3) is 0 Å². The van der Waals surface area contributed by atoms with Gasteiger partial charge in [-0.05, 0) is 31.9 Å². The number of piperidine rings is 1. The van der Waals surface area contributed by atoms with E-state index in [9.17, 15) is 0 Å². The number of aryl methyl sites for hydroxylation is 1. The summed E-state index contributed by atoms with van der Waals surface area (Å²) in [4.78, 5) is 0. The summed E-state index contributed by atoms with van der Waals surface area (Å²) in [5.74, 6) is 0. The molecular weight excluding hydrogens is 222 g/mol. The lowest BCUT2D eigenvalue weighted by molar-refractivity contribution is 0.346. The molecule has 0 aliphatic carbocycles. The van der Waals surface area contributed by atoms with Crippen molar-refractivity contribution in [3.05, 3.63) is 42.2 Å². The van der Waals surface area contributed by atoms with E-state index in [4.69, 9.17) is 0 Å². The number of hydrogen-bond donors (Lipinski definition) is 1. The molecule has 1 aromatic carbocycles. The van der Waals surface area contributed by atoms with Crippen molar-refractivity contribution in [3.63, 3.8) is 0 Å². The average molecular weight is 241 g/mol. The molecule has 1 saturated heterocycles. The summed E-state index contributed by atoms with van der Waals surface area (Å²) in [5, 5.41) is 8.13. The molecule has 1 aromatic heterocycles. The fourth-order valence-electron chi connectivity index (χ4n) is 2.63. The first kappa shape index (κ1) is 11.5. The molecule has 0 bridgehead atoms. The standard InChI is InChI=1S/C15H19N3/c1-12-15(13-6-3-2-4-7-13)11-18(17-12)14-8-5-9-16-10-14/h2-4,6-7,11,14,16H,5,8-10H2,1H3.